The lowest BCUT2D eigenvalue weighted by molar-refractivity contribution is -0.137. The molecule has 1 aromatic heterocycles. The molecule has 0 aliphatic carbocycles. The van der Waals surface area contributed by atoms with Gasteiger partial charge in [-0.25, -0.2) is 4.98 Å². The minimum absolute atomic E-state index is 0.00471. The lowest BCUT2D eigenvalue weighted by Gasteiger charge is -2.14. The Morgan fingerprint density at radius 2 is 1.93 bits per heavy atom. The van der Waals surface area contributed by atoms with Gasteiger partial charge in [0.2, 0.25) is 0 Å². The van der Waals surface area contributed by atoms with E-state index in [-0.39, 0.29) is 17.9 Å². The van der Waals surface area contributed by atoms with Gasteiger partial charge in [0, 0.05) is 6.54 Å². The highest BCUT2D eigenvalue weighted by atomic mass is 19.4. The normalized spacial score (nSPS) is 12.7. The highest BCUT2D eigenvalue weighted by Gasteiger charge is 2.30. The molecule has 1 unspecified atom stereocenters. The number of H-pyrrole nitrogens is 1. The Hall–Kier alpha value is -3.20. The lowest BCUT2D eigenvalue weighted by Crippen LogP contribution is -2.31. The van der Waals surface area contributed by atoms with E-state index in [1.165, 1.54) is 12.1 Å². The zero-order valence-electron chi connectivity index (χ0n) is 13.7. The number of rotatable bonds is 4. The number of benzene rings is 2. The Bertz CT molecular complexity index is 1050. The van der Waals surface area contributed by atoms with Crippen LogP contribution in [0.25, 0.3) is 10.9 Å². The molecule has 0 saturated heterocycles. The molecular formula is C18H14F3N3O3. The van der Waals surface area contributed by atoms with E-state index in [1.807, 2.05) is 0 Å². The number of halogens is 3. The van der Waals surface area contributed by atoms with E-state index < -0.39 is 29.3 Å². The molecule has 3 rings (SSSR count). The average molecular weight is 377 g/mol. The number of nitrogens with one attached hydrogen (secondary N) is 2. The first-order chi connectivity index (χ1) is 12.8. The van der Waals surface area contributed by atoms with Crippen LogP contribution < -0.4 is 10.9 Å². The molecule has 1 heterocycles. The zero-order valence-corrected chi connectivity index (χ0v) is 13.7. The number of aromatic nitrogens is 2. The molecule has 6 nitrogen and oxygen atoms in total. The van der Waals surface area contributed by atoms with Crippen LogP contribution in [0, 0.1) is 0 Å². The summed E-state index contributed by atoms with van der Waals surface area (Å²) in [5, 5.41) is 12.7. The van der Waals surface area contributed by atoms with Crippen LogP contribution in [0.4, 0.5) is 13.2 Å². The molecule has 0 aliphatic heterocycles. The minimum Gasteiger partial charge on any atom is -0.387 e. The minimum atomic E-state index is -4.53. The second-order valence-corrected chi connectivity index (χ2v) is 5.78. The van der Waals surface area contributed by atoms with Crippen molar-refractivity contribution in [2.75, 3.05) is 6.54 Å². The number of hydrogen-bond donors (Lipinski definition) is 3. The van der Waals surface area contributed by atoms with Gasteiger partial charge in [-0.2, -0.15) is 13.2 Å². The van der Waals surface area contributed by atoms with E-state index in [0.717, 1.165) is 12.1 Å². The average Bonchev–Trinajstić information content (AvgIpc) is 2.65. The Kier molecular flexibility index (Phi) is 4.95. The van der Waals surface area contributed by atoms with Crippen molar-refractivity contribution in [1.29, 1.82) is 0 Å². The predicted octanol–water partition coefficient (Wildman–Crippen LogP) is 2.41. The topological polar surface area (TPSA) is 95.1 Å². The predicted molar refractivity (Wildman–Crippen MR) is 91.1 cm³/mol. The first-order valence-electron chi connectivity index (χ1n) is 7.88. The summed E-state index contributed by atoms with van der Waals surface area (Å²) < 4.78 is 38.2. The molecule has 9 heteroatoms. The number of aliphatic hydroxyl groups excluding tert-OH is 1. The maximum atomic E-state index is 12.7. The van der Waals surface area contributed by atoms with Crippen molar-refractivity contribution in [1.82, 2.24) is 15.3 Å². The highest BCUT2D eigenvalue weighted by molar-refractivity contribution is 5.92. The summed E-state index contributed by atoms with van der Waals surface area (Å²) in [6.45, 7) is -0.351. The summed E-state index contributed by atoms with van der Waals surface area (Å²) in [7, 11) is 0. The Morgan fingerprint density at radius 1 is 1.19 bits per heavy atom. The van der Waals surface area contributed by atoms with Crippen LogP contribution >= 0.6 is 0 Å². The number of carbonyl (C=O) groups excluding carboxylic acids is 1. The third-order valence-electron chi connectivity index (χ3n) is 3.88. The summed E-state index contributed by atoms with van der Waals surface area (Å²) in [6.07, 6.45) is -5.89. The summed E-state index contributed by atoms with van der Waals surface area (Å²) >= 11 is 0. The number of aromatic amines is 1. The maximum absolute atomic E-state index is 12.7. The Morgan fingerprint density at radius 3 is 2.67 bits per heavy atom. The number of amides is 1. The molecule has 0 aliphatic rings. The second-order valence-electron chi connectivity index (χ2n) is 5.78. The van der Waals surface area contributed by atoms with Crippen molar-refractivity contribution >= 4 is 16.8 Å². The van der Waals surface area contributed by atoms with Gasteiger partial charge in [-0.1, -0.05) is 24.3 Å². The number of nitrogens with zero attached hydrogens (tertiary/aromatic N) is 1. The molecule has 0 spiro atoms. The van der Waals surface area contributed by atoms with Gasteiger partial charge < -0.3 is 15.4 Å². The quantitative estimate of drug-likeness (QED) is 0.651. The van der Waals surface area contributed by atoms with Gasteiger partial charge in [0.05, 0.1) is 22.6 Å². The third-order valence-corrected chi connectivity index (χ3v) is 3.88. The Balaban J connectivity index is 1.73. The molecule has 27 heavy (non-hydrogen) atoms. The fourth-order valence-corrected chi connectivity index (χ4v) is 2.51. The van der Waals surface area contributed by atoms with Gasteiger partial charge in [-0.15, -0.1) is 0 Å². The molecule has 1 atom stereocenters. The molecule has 0 bridgehead atoms. The number of carbonyl (C=O) groups is 1. The molecule has 0 fully saturated rings. The standard InChI is InChI=1S/C18H14F3N3O3/c19-18(20,21)11-5-3-4-10(8-11)14(25)9-22-17(27)15-23-13-7-2-1-6-12(13)16(26)24-15/h1-8,14,25H,9H2,(H,22,27)(H,23,24,26). The molecule has 2 aromatic carbocycles. The van der Waals surface area contributed by atoms with E-state index in [4.69, 9.17) is 0 Å². The number of para-hydroxylation sites is 1. The van der Waals surface area contributed by atoms with Crippen LogP contribution in [-0.2, 0) is 6.18 Å². The van der Waals surface area contributed by atoms with Gasteiger partial charge in [0.25, 0.3) is 11.5 Å². The zero-order chi connectivity index (χ0) is 19.6. The van der Waals surface area contributed by atoms with Crippen molar-refractivity contribution in [3.63, 3.8) is 0 Å². The molecule has 3 N–H and O–H groups in total. The monoisotopic (exact) mass is 377 g/mol. The van der Waals surface area contributed by atoms with E-state index in [9.17, 15) is 27.9 Å². The van der Waals surface area contributed by atoms with Crippen LogP contribution in [0.15, 0.2) is 53.3 Å². The largest absolute Gasteiger partial charge is 0.416 e. The molecular weight excluding hydrogens is 363 g/mol. The number of hydrogen-bond acceptors (Lipinski definition) is 4. The van der Waals surface area contributed by atoms with Crippen molar-refractivity contribution in [2.24, 2.45) is 0 Å². The van der Waals surface area contributed by atoms with Gasteiger partial charge in [-0.3, -0.25) is 9.59 Å². The van der Waals surface area contributed by atoms with Crippen LogP contribution in [0.2, 0.25) is 0 Å². The van der Waals surface area contributed by atoms with Crippen molar-refractivity contribution < 1.29 is 23.1 Å². The Labute approximate surface area is 150 Å². The molecule has 0 saturated carbocycles. The molecule has 0 radical (unpaired) electrons. The van der Waals surface area contributed by atoms with Gasteiger partial charge in [0.15, 0.2) is 5.82 Å². The lowest BCUT2D eigenvalue weighted by atomic mass is 10.1. The van der Waals surface area contributed by atoms with E-state index >= 15 is 0 Å². The fraction of sp³-hybridized carbons (Fsp3) is 0.167. The summed E-state index contributed by atoms with van der Waals surface area (Å²) in [5.74, 6) is -1.01. The summed E-state index contributed by atoms with van der Waals surface area (Å²) in [6, 6.07) is 10.6. The van der Waals surface area contributed by atoms with E-state index in [0.29, 0.717) is 10.9 Å². The summed E-state index contributed by atoms with van der Waals surface area (Å²) in [5.41, 5.74) is -1.06. The van der Waals surface area contributed by atoms with Crippen LogP contribution in [-0.4, -0.2) is 27.5 Å². The van der Waals surface area contributed by atoms with Crippen molar-refractivity contribution in [2.45, 2.75) is 12.3 Å². The van der Waals surface area contributed by atoms with Crippen molar-refractivity contribution in [3.05, 3.63) is 75.8 Å². The van der Waals surface area contributed by atoms with Crippen LogP contribution in [0.1, 0.15) is 27.8 Å². The van der Waals surface area contributed by atoms with Crippen LogP contribution in [0.5, 0.6) is 0 Å². The fourth-order valence-electron chi connectivity index (χ4n) is 2.51. The molecule has 3 aromatic rings. The number of fused-ring (bicyclic) bond motifs is 1. The highest BCUT2D eigenvalue weighted by Crippen LogP contribution is 2.30. The second kappa shape index (κ2) is 7.20. The SMILES string of the molecule is O=C(NCC(O)c1cccc(C(F)(F)F)c1)c1nc2ccccc2c(=O)[nH]1. The van der Waals surface area contributed by atoms with E-state index in [2.05, 4.69) is 15.3 Å². The first-order valence-corrected chi connectivity index (χ1v) is 7.88. The van der Waals surface area contributed by atoms with Gasteiger partial charge in [0.1, 0.15) is 0 Å². The number of aliphatic hydroxyl groups is 1. The van der Waals surface area contributed by atoms with Gasteiger partial charge in [-0.05, 0) is 29.8 Å². The third kappa shape index (κ3) is 4.14. The van der Waals surface area contributed by atoms with Crippen LogP contribution in [0.3, 0.4) is 0 Å². The smallest absolute Gasteiger partial charge is 0.387 e. The molecule has 1 amide bonds. The van der Waals surface area contributed by atoms with E-state index in [1.54, 1.807) is 24.3 Å². The van der Waals surface area contributed by atoms with Crippen molar-refractivity contribution in [3.8, 4) is 0 Å². The summed E-state index contributed by atoms with van der Waals surface area (Å²) in [4.78, 5) is 30.5. The van der Waals surface area contributed by atoms with Gasteiger partial charge >= 0.3 is 6.18 Å². The molecule has 140 valence electrons. The first kappa shape index (κ1) is 18.6. The maximum Gasteiger partial charge on any atom is 0.416 e. The number of alkyl halides is 3.